The lowest BCUT2D eigenvalue weighted by atomic mass is 9.97. The van der Waals surface area contributed by atoms with E-state index in [1.165, 1.54) is 18.5 Å². The first-order valence-electron chi connectivity index (χ1n) is 5.23. The Kier molecular flexibility index (Phi) is 3.60. The number of rotatable bonds is 3. The third-order valence-electron chi connectivity index (χ3n) is 2.31. The molecule has 0 aromatic carbocycles. The molecule has 9 heteroatoms. The molecule has 2 rings (SSSR count). The highest BCUT2D eigenvalue weighted by Gasteiger charge is 2.24. The van der Waals surface area contributed by atoms with Crippen molar-refractivity contribution in [3.63, 3.8) is 0 Å². The first-order valence-corrected chi connectivity index (χ1v) is 6.80. The van der Waals surface area contributed by atoms with E-state index in [1.54, 1.807) is 13.0 Å². The Hall–Kier alpha value is -1.84. The zero-order chi connectivity index (χ0) is 14.0. The van der Waals surface area contributed by atoms with Gasteiger partial charge in [-0.2, -0.15) is 4.55 Å². The Labute approximate surface area is 112 Å². The van der Waals surface area contributed by atoms with E-state index in [0.717, 1.165) is 0 Å². The van der Waals surface area contributed by atoms with E-state index in [-0.39, 0.29) is 5.03 Å². The minimum absolute atomic E-state index is 0.0903. The monoisotopic (exact) mass is 276 g/mol. The molecule has 2 aromatic heterocycles. The van der Waals surface area contributed by atoms with Gasteiger partial charge < -0.3 is 5.32 Å². The number of nitrogens with zero attached hydrogens (tertiary/aromatic N) is 3. The maximum absolute atomic E-state index is 11.2. The van der Waals surface area contributed by atoms with Crippen LogP contribution in [0.25, 0.3) is 0 Å². The summed E-state index contributed by atoms with van der Waals surface area (Å²) in [6.45, 7) is 1.76. The van der Waals surface area contributed by atoms with Crippen molar-refractivity contribution in [1.29, 1.82) is 0 Å². The third kappa shape index (κ3) is 3.34. The number of pyridine rings is 1. The maximum atomic E-state index is 11.2. The van der Waals surface area contributed by atoms with E-state index >= 15 is 0 Å². The van der Waals surface area contributed by atoms with Crippen LogP contribution in [0.1, 0.15) is 5.69 Å². The second-order valence-electron chi connectivity index (χ2n) is 3.81. The Balaban J connectivity index is 2.20. The molecule has 4 N–H and O–H groups in total. The first kappa shape index (κ1) is 13.6. The zero-order valence-electron chi connectivity index (χ0n) is 10.1. The van der Waals surface area contributed by atoms with Crippen LogP contribution in [0.3, 0.4) is 0 Å². The van der Waals surface area contributed by atoms with Crippen molar-refractivity contribution in [1.82, 2.24) is 15.0 Å². The van der Waals surface area contributed by atoms with E-state index < -0.39 is 10.4 Å². The zero-order valence-corrected chi connectivity index (χ0v) is 10.9. The Morgan fingerprint density at radius 1 is 1.37 bits per heavy atom. The van der Waals surface area contributed by atoms with Crippen LogP contribution in [0.4, 0.5) is 11.6 Å². The van der Waals surface area contributed by atoms with Gasteiger partial charge in [-0.3, -0.25) is 0 Å². The summed E-state index contributed by atoms with van der Waals surface area (Å²) in [5, 5.41) is 7.86. The summed E-state index contributed by atoms with van der Waals surface area (Å²) in [4.78, 5) is 11.9. The van der Waals surface area contributed by atoms with Crippen LogP contribution in [-0.4, -0.2) is 27.4 Å². The van der Waals surface area contributed by atoms with Gasteiger partial charge in [-0.15, -0.1) is 5.14 Å². The molecule has 19 heavy (non-hydrogen) atoms. The van der Waals surface area contributed by atoms with Gasteiger partial charge in [0.25, 0.3) is 0 Å². The Morgan fingerprint density at radius 2 is 2.11 bits per heavy atom. The molecule has 96 valence electrons. The topological polar surface area (TPSA) is 114 Å². The molecule has 0 aliphatic rings. The van der Waals surface area contributed by atoms with Crippen molar-refractivity contribution in [2.75, 3.05) is 5.32 Å². The van der Waals surface area contributed by atoms with Gasteiger partial charge in [0.1, 0.15) is 7.85 Å². The number of aryl methyl sites for hydroxylation is 1. The molecule has 1 atom stereocenters. The number of anilines is 2. The highest BCUT2D eigenvalue weighted by atomic mass is 32.3. The average molecular weight is 276 g/mol. The van der Waals surface area contributed by atoms with Crippen LogP contribution >= 0.6 is 0 Å². The van der Waals surface area contributed by atoms with Gasteiger partial charge in [-0.05, 0) is 17.2 Å². The van der Waals surface area contributed by atoms with Crippen LogP contribution in [0.15, 0.2) is 29.6 Å². The lowest BCUT2D eigenvalue weighted by Gasteiger charge is -2.06. The molecular weight excluding hydrogens is 265 g/mol. The van der Waals surface area contributed by atoms with Crippen LogP contribution in [-0.2, 0) is 14.6 Å². The van der Waals surface area contributed by atoms with E-state index in [4.69, 9.17) is 17.5 Å². The molecule has 2 heterocycles. The summed E-state index contributed by atoms with van der Waals surface area (Å²) in [6.07, 6.45) is 2.86. The van der Waals surface area contributed by atoms with Crippen LogP contribution in [0.2, 0.25) is 0 Å². The maximum Gasteiger partial charge on any atom is 0.339 e. The van der Waals surface area contributed by atoms with Crippen molar-refractivity contribution < 1.29 is 8.76 Å². The van der Waals surface area contributed by atoms with Crippen molar-refractivity contribution in [3.8, 4) is 0 Å². The summed E-state index contributed by atoms with van der Waals surface area (Å²) in [5.41, 5.74) is 1.72. The smallest absolute Gasteiger partial charge is 0.323 e. The molecule has 0 aliphatic heterocycles. The van der Waals surface area contributed by atoms with E-state index in [1.807, 2.05) is 0 Å². The second-order valence-corrected chi connectivity index (χ2v) is 5.37. The fourth-order valence-corrected chi connectivity index (χ4v) is 1.76. The minimum atomic E-state index is -3.54. The summed E-state index contributed by atoms with van der Waals surface area (Å²) in [7, 11) is 2.07. The fraction of sp³-hybridized carbons (Fsp3) is 0.100. The van der Waals surface area contributed by atoms with Gasteiger partial charge in [0.15, 0.2) is 0 Å². The molecule has 0 aliphatic carbocycles. The van der Waals surface area contributed by atoms with Crippen molar-refractivity contribution in [3.05, 3.63) is 30.2 Å². The molecule has 7 nitrogen and oxygen atoms in total. The largest absolute Gasteiger partial charge is 0.339 e. The highest BCUT2D eigenvalue weighted by molar-refractivity contribution is 7.95. The van der Waals surface area contributed by atoms with E-state index in [9.17, 15) is 4.21 Å². The van der Waals surface area contributed by atoms with Gasteiger partial charge in [0.2, 0.25) is 5.95 Å². The Bertz CT molecular complexity index is 643. The lowest BCUT2D eigenvalue weighted by Crippen LogP contribution is -2.21. The van der Waals surface area contributed by atoms with Crippen LogP contribution < -0.4 is 15.9 Å². The predicted molar refractivity (Wildman–Crippen MR) is 72.8 cm³/mol. The molecule has 0 saturated carbocycles. The summed E-state index contributed by atoms with van der Waals surface area (Å²) in [6, 6.07) is 2.91. The molecule has 0 fully saturated rings. The first-order chi connectivity index (χ1) is 8.86. The average Bonchev–Trinajstić information content (AvgIpc) is 2.33. The number of nitrogens with one attached hydrogen (secondary N) is 1. The fourth-order valence-electron chi connectivity index (χ4n) is 1.29. The second kappa shape index (κ2) is 5.04. The number of aromatic nitrogens is 3. The van der Waals surface area contributed by atoms with Crippen molar-refractivity contribution >= 4 is 35.3 Å². The molecule has 1 unspecified atom stereocenters. The molecule has 0 saturated heterocycles. The van der Waals surface area contributed by atoms with E-state index in [0.29, 0.717) is 22.8 Å². The van der Waals surface area contributed by atoms with Gasteiger partial charge in [0.05, 0.1) is 11.9 Å². The molecule has 2 aromatic rings. The van der Waals surface area contributed by atoms with Crippen LogP contribution in [0.5, 0.6) is 0 Å². The SMILES string of the molecule is [B]c1cnc(Nc2ccc([S+](N)(=O)O)nc2)nc1C. The van der Waals surface area contributed by atoms with Crippen molar-refractivity contribution in [2.24, 2.45) is 5.14 Å². The quantitative estimate of drug-likeness (QED) is 0.533. The van der Waals surface area contributed by atoms with E-state index in [2.05, 4.69) is 20.3 Å². The third-order valence-corrected chi connectivity index (χ3v) is 3.15. The Morgan fingerprint density at radius 3 is 2.63 bits per heavy atom. The molecular formula is C10H11BN5O2S+. The minimum Gasteiger partial charge on any atom is -0.323 e. The van der Waals surface area contributed by atoms with Crippen LogP contribution in [0, 0.1) is 6.92 Å². The number of hydrogen-bond acceptors (Lipinski definition) is 5. The normalized spacial score (nSPS) is 13.8. The number of hydrogen-bond donors (Lipinski definition) is 3. The molecule has 0 spiro atoms. The van der Waals surface area contributed by atoms with Gasteiger partial charge >= 0.3 is 15.4 Å². The molecule has 0 bridgehead atoms. The molecule has 0 amide bonds. The van der Waals surface area contributed by atoms with Gasteiger partial charge in [-0.1, -0.05) is 5.46 Å². The standard InChI is InChI=1S/C10H10BN5O2S/c1-6-8(11)5-14-10(15-6)16-7-2-3-9(13-4-7)19(12,17)18/h2-5H,1H3,(H3-,12,14,15,16,17,18)/p+1. The summed E-state index contributed by atoms with van der Waals surface area (Å²) >= 11 is 0. The summed E-state index contributed by atoms with van der Waals surface area (Å²) in [5.74, 6) is 0.360. The number of nitrogens with two attached hydrogens (primary N) is 1. The summed E-state index contributed by atoms with van der Waals surface area (Å²) < 4.78 is 20.3. The molecule has 2 radical (unpaired) electrons. The lowest BCUT2D eigenvalue weighted by molar-refractivity contribution is 0.495. The van der Waals surface area contributed by atoms with Crippen molar-refractivity contribution in [2.45, 2.75) is 11.9 Å². The van der Waals surface area contributed by atoms with Gasteiger partial charge in [0, 0.05) is 18.0 Å². The highest BCUT2D eigenvalue weighted by Crippen LogP contribution is 2.14. The van der Waals surface area contributed by atoms with Gasteiger partial charge in [-0.25, -0.2) is 15.0 Å². The predicted octanol–water partition coefficient (Wildman–Crippen LogP) is -0.0775.